The molecule has 12 aromatic rings. The summed E-state index contributed by atoms with van der Waals surface area (Å²) in [5, 5.41) is 20.8. The van der Waals surface area contributed by atoms with E-state index in [2.05, 4.69) is 160 Å². The molecular weight excluding hydrogens is 913 g/mol. The second-order valence-electron chi connectivity index (χ2n) is 16.5. The van der Waals surface area contributed by atoms with E-state index in [1.54, 1.807) is 45.3 Å². The summed E-state index contributed by atoms with van der Waals surface area (Å²) >= 11 is 6.72. The number of H-pyrrole nitrogens is 4. The van der Waals surface area contributed by atoms with Gasteiger partial charge in [-0.05, 0) is 162 Å². The number of fused-ring (bicyclic) bond motifs is 8. The molecule has 0 saturated carbocycles. The van der Waals surface area contributed by atoms with Gasteiger partial charge in [-0.25, -0.2) is 0 Å². The zero-order valence-corrected chi connectivity index (χ0v) is 39.2. The molecular formula is C56H36N8S4. The molecule has 0 atom stereocenters. The van der Waals surface area contributed by atoms with Crippen LogP contribution in [0.15, 0.2) is 190 Å². The van der Waals surface area contributed by atoms with Crippen molar-refractivity contribution >= 4 is 67.6 Å². The predicted molar refractivity (Wildman–Crippen MR) is 278 cm³/mol. The maximum absolute atomic E-state index is 4.82. The molecule has 1 aliphatic heterocycles. The van der Waals surface area contributed by atoms with Gasteiger partial charge in [0.2, 0.25) is 0 Å². The van der Waals surface area contributed by atoms with Crippen molar-refractivity contribution in [3.63, 3.8) is 0 Å². The van der Waals surface area contributed by atoms with Gasteiger partial charge in [-0.2, -0.15) is 45.3 Å². The van der Waals surface area contributed by atoms with Crippen LogP contribution in [0.3, 0.4) is 0 Å². The average molecular weight is 949 g/mol. The van der Waals surface area contributed by atoms with E-state index in [4.69, 9.17) is 19.9 Å². The molecule has 12 aromatic heterocycles. The van der Waals surface area contributed by atoms with Crippen LogP contribution in [-0.2, 0) is 0 Å². The Bertz CT molecular complexity index is 3520. The highest BCUT2D eigenvalue weighted by molar-refractivity contribution is 7.09. The van der Waals surface area contributed by atoms with Crippen molar-refractivity contribution in [3.8, 4) is 44.5 Å². The molecule has 0 saturated heterocycles. The smallest absolute Gasteiger partial charge is 0.0486 e. The Balaban J connectivity index is 1.13. The van der Waals surface area contributed by atoms with Crippen molar-refractivity contribution in [1.29, 1.82) is 0 Å². The first-order valence-electron chi connectivity index (χ1n) is 21.9. The predicted octanol–water partition coefficient (Wildman–Crippen LogP) is 10.8. The number of pyridine rings is 4. The van der Waals surface area contributed by atoms with Crippen LogP contribution in [0.25, 0.3) is 66.8 Å². The van der Waals surface area contributed by atoms with Crippen molar-refractivity contribution in [2.45, 2.75) is 0 Å². The number of nitrogens with one attached hydrogen (secondary N) is 4. The minimum atomic E-state index is 0.935. The molecule has 0 spiro atoms. The normalized spacial score (nSPS) is 12.6. The molecule has 324 valence electrons. The number of hydrogen-bond donors (Lipinski definition) is 4. The first-order chi connectivity index (χ1) is 33.7. The summed E-state index contributed by atoms with van der Waals surface area (Å²) in [5.41, 5.74) is 20.3. The number of hydrogen-bond acceptors (Lipinski definition) is 8. The van der Waals surface area contributed by atoms with Crippen molar-refractivity contribution in [3.05, 3.63) is 256 Å². The van der Waals surface area contributed by atoms with E-state index in [1.165, 1.54) is 0 Å². The van der Waals surface area contributed by atoms with Gasteiger partial charge in [-0.3, -0.25) is 19.9 Å². The Hall–Kier alpha value is -8.00. The minimum absolute atomic E-state index is 0.935. The van der Waals surface area contributed by atoms with E-state index in [0.717, 1.165) is 133 Å². The summed E-state index contributed by atoms with van der Waals surface area (Å²) in [6.07, 6.45) is 15.6. The van der Waals surface area contributed by atoms with Crippen LogP contribution in [0.2, 0.25) is 0 Å². The van der Waals surface area contributed by atoms with Gasteiger partial charge in [0.05, 0.1) is 0 Å². The van der Waals surface area contributed by atoms with Crippen molar-refractivity contribution in [2.75, 3.05) is 0 Å². The summed E-state index contributed by atoms with van der Waals surface area (Å²) in [7, 11) is 0. The van der Waals surface area contributed by atoms with Crippen LogP contribution in [0.5, 0.6) is 0 Å². The monoisotopic (exact) mass is 948 g/mol. The fourth-order valence-electron chi connectivity index (χ4n) is 9.22. The summed E-state index contributed by atoms with van der Waals surface area (Å²) < 4.78 is 0. The molecule has 0 amide bonds. The standard InChI is InChI=1S/C56H36N8S4/c1-2-46-54(42-18-38(22-58-26-42)34-10-14-66-30-34)48-5-6-50(63-48)56(44-20-40(24-60-28-44)36-12-16-68-32-36)52-8-7-51(64-52)55(43-19-39(23-59-27-43)35-11-15-67-31-35)49-4-3-47(62-49)53(45(1)61-46)41-17-37(21-57-25-41)33-9-13-65-29-33/h1-32,61-64H. The average Bonchev–Trinajstić information content (AvgIpc) is 4.23. The topological polar surface area (TPSA) is 115 Å². The summed E-state index contributed by atoms with van der Waals surface area (Å²) in [6.45, 7) is 0. The lowest BCUT2D eigenvalue weighted by Gasteiger charge is -2.11. The number of aromatic amines is 4. The third kappa shape index (κ3) is 7.36. The summed E-state index contributed by atoms with van der Waals surface area (Å²) in [5.74, 6) is 0. The molecule has 68 heavy (non-hydrogen) atoms. The fourth-order valence-corrected chi connectivity index (χ4v) is 11.9. The minimum Gasteiger partial charge on any atom is -0.354 e. The van der Waals surface area contributed by atoms with E-state index < -0.39 is 0 Å². The zero-order chi connectivity index (χ0) is 45.0. The van der Waals surface area contributed by atoms with Gasteiger partial charge >= 0.3 is 0 Å². The number of rotatable bonds is 8. The quantitative estimate of drug-likeness (QED) is 0.121. The van der Waals surface area contributed by atoms with Gasteiger partial charge < -0.3 is 19.9 Å². The van der Waals surface area contributed by atoms with E-state index in [9.17, 15) is 0 Å². The Morgan fingerprint density at radius 2 is 0.500 bits per heavy atom. The molecule has 12 heteroatoms. The van der Waals surface area contributed by atoms with Gasteiger partial charge in [0.1, 0.15) is 0 Å². The Morgan fingerprint density at radius 3 is 0.735 bits per heavy atom. The second-order valence-corrected chi connectivity index (χ2v) is 19.7. The maximum Gasteiger partial charge on any atom is 0.0486 e. The van der Waals surface area contributed by atoms with Crippen molar-refractivity contribution in [1.82, 2.24) is 39.9 Å². The lowest BCUT2D eigenvalue weighted by Crippen LogP contribution is -2.19. The van der Waals surface area contributed by atoms with Crippen LogP contribution >= 0.6 is 45.3 Å². The first-order valence-corrected chi connectivity index (χ1v) is 25.6. The molecule has 8 nitrogen and oxygen atoms in total. The molecule has 0 aromatic carbocycles. The lowest BCUT2D eigenvalue weighted by molar-refractivity contribution is 1.18. The van der Waals surface area contributed by atoms with Gasteiger partial charge in [0.15, 0.2) is 0 Å². The SMILES string of the molecule is c1cc(-c2cncc(C3=c4ccc([nH]4)=C(c4cncc(-c5ccsc5)c4)c4ccc([nH]4)C(c4cncc(-c5ccsc5)c4)=c4ccc([nH]4)=C(c4cncc(-c5ccsc5)c4)c4ccc3[nH]4)c2)cs1. The summed E-state index contributed by atoms with van der Waals surface area (Å²) in [4.78, 5) is 35.0. The molecule has 13 rings (SSSR count). The largest absolute Gasteiger partial charge is 0.354 e. The summed E-state index contributed by atoms with van der Waals surface area (Å²) in [6, 6.07) is 34.9. The third-order valence-corrected chi connectivity index (χ3v) is 15.2. The van der Waals surface area contributed by atoms with E-state index in [0.29, 0.717) is 0 Å². The van der Waals surface area contributed by atoms with E-state index >= 15 is 0 Å². The number of thiophene rings is 4. The molecule has 4 N–H and O–H groups in total. The van der Waals surface area contributed by atoms with Gasteiger partial charge in [0.25, 0.3) is 0 Å². The molecule has 13 heterocycles. The number of aromatic nitrogens is 8. The third-order valence-electron chi connectivity index (χ3n) is 12.4. The van der Waals surface area contributed by atoms with Crippen LogP contribution in [-0.4, -0.2) is 39.9 Å². The van der Waals surface area contributed by atoms with E-state index in [1.807, 2.05) is 49.6 Å². The fraction of sp³-hybridized carbons (Fsp3) is 0. The van der Waals surface area contributed by atoms with Crippen molar-refractivity contribution in [2.24, 2.45) is 0 Å². The highest BCUT2D eigenvalue weighted by atomic mass is 32.1. The van der Waals surface area contributed by atoms with E-state index in [-0.39, 0.29) is 0 Å². The molecule has 8 bridgehead atoms. The van der Waals surface area contributed by atoms with Gasteiger partial charge in [-0.15, -0.1) is 0 Å². The van der Waals surface area contributed by atoms with Crippen LogP contribution in [0.1, 0.15) is 45.0 Å². The van der Waals surface area contributed by atoms with Crippen molar-refractivity contribution < 1.29 is 0 Å². The molecule has 0 unspecified atom stereocenters. The number of nitrogens with zero attached hydrogens (tertiary/aromatic N) is 4. The first kappa shape index (κ1) is 40.3. The molecule has 0 fully saturated rings. The Morgan fingerprint density at radius 1 is 0.250 bits per heavy atom. The molecule has 0 radical (unpaired) electrons. The van der Waals surface area contributed by atoms with Gasteiger partial charge in [0, 0.05) is 161 Å². The Kier molecular flexibility index (Phi) is 10.1. The lowest BCUT2D eigenvalue weighted by atomic mass is 10.0. The highest BCUT2D eigenvalue weighted by Gasteiger charge is 2.20. The van der Waals surface area contributed by atoms with Gasteiger partial charge in [-0.1, -0.05) is 0 Å². The van der Waals surface area contributed by atoms with Crippen LogP contribution < -0.4 is 21.4 Å². The maximum atomic E-state index is 4.82. The zero-order valence-electron chi connectivity index (χ0n) is 35.9. The molecule has 0 aliphatic carbocycles. The van der Waals surface area contributed by atoms with Crippen LogP contribution in [0, 0.1) is 0 Å². The molecule has 1 aliphatic rings. The van der Waals surface area contributed by atoms with Crippen LogP contribution in [0.4, 0.5) is 0 Å². The highest BCUT2D eigenvalue weighted by Crippen LogP contribution is 2.33. The Labute approximate surface area is 405 Å². The second kappa shape index (κ2) is 17.0.